The Labute approximate surface area is 125 Å². The van der Waals surface area contributed by atoms with Crippen molar-refractivity contribution in [1.29, 1.82) is 0 Å². The summed E-state index contributed by atoms with van der Waals surface area (Å²) in [6, 6.07) is 11.0. The lowest BCUT2D eigenvalue weighted by Gasteiger charge is -2.15. The van der Waals surface area contributed by atoms with E-state index in [1.807, 2.05) is 19.1 Å². The zero-order valence-electron chi connectivity index (χ0n) is 12.8. The average molecular weight is 287 g/mol. The van der Waals surface area contributed by atoms with E-state index in [-0.39, 0.29) is 11.9 Å². The molecule has 0 radical (unpaired) electrons. The van der Waals surface area contributed by atoms with Crippen molar-refractivity contribution < 1.29 is 9.13 Å². The Morgan fingerprint density at radius 1 is 1.14 bits per heavy atom. The van der Waals surface area contributed by atoms with Gasteiger partial charge in [-0.1, -0.05) is 30.7 Å². The van der Waals surface area contributed by atoms with Gasteiger partial charge in [0.25, 0.3) is 0 Å². The first-order valence-electron chi connectivity index (χ1n) is 7.28. The van der Waals surface area contributed by atoms with E-state index < -0.39 is 0 Å². The highest BCUT2D eigenvalue weighted by Crippen LogP contribution is 2.28. The molecule has 0 aliphatic rings. The minimum Gasteiger partial charge on any atom is -0.457 e. The summed E-state index contributed by atoms with van der Waals surface area (Å²) in [5, 5.41) is 0. The quantitative estimate of drug-likeness (QED) is 0.877. The molecule has 112 valence electrons. The van der Waals surface area contributed by atoms with Crippen molar-refractivity contribution in [3.05, 3.63) is 58.9 Å². The van der Waals surface area contributed by atoms with Gasteiger partial charge in [-0.25, -0.2) is 4.39 Å². The molecule has 2 aromatic rings. The number of rotatable bonds is 5. The summed E-state index contributed by atoms with van der Waals surface area (Å²) < 4.78 is 19.5. The minimum atomic E-state index is -0.258. The second-order valence-electron chi connectivity index (χ2n) is 5.50. The van der Waals surface area contributed by atoms with E-state index >= 15 is 0 Å². The Morgan fingerprint density at radius 2 is 1.90 bits per heavy atom. The van der Waals surface area contributed by atoms with E-state index in [0.717, 1.165) is 29.7 Å². The van der Waals surface area contributed by atoms with Gasteiger partial charge in [-0.3, -0.25) is 0 Å². The fourth-order valence-electron chi connectivity index (χ4n) is 2.16. The van der Waals surface area contributed by atoms with Crippen LogP contribution in [0.5, 0.6) is 11.5 Å². The van der Waals surface area contributed by atoms with Crippen molar-refractivity contribution in [3.8, 4) is 11.5 Å². The van der Waals surface area contributed by atoms with Gasteiger partial charge < -0.3 is 10.5 Å². The molecular weight excluding hydrogens is 265 g/mol. The summed E-state index contributed by atoms with van der Waals surface area (Å²) in [5.74, 6) is 0.993. The van der Waals surface area contributed by atoms with Gasteiger partial charge >= 0.3 is 0 Å². The first kappa shape index (κ1) is 15.5. The summed E-state index contributed by atoms with van der Waals surface area (Å²) in [7, 11) is 0. The fraction of sp³-hybridized carbons (Fsp3) is 0.333. The third-order valence-electron chi connectivity index (χ3n) is 3.59. The first-order valence-corrected chi connectivity index (χ1v) is 7.28. The normalized spacial score (nSPS) is 12.2. The molecule has 0 aliphatic carbocycles. The van der Waals surface area contributed by atoms with Gasteiger partial charge in [0.15, 0.2) is 0 Å². The van der Waals surface area contributed by atoms with Crippen LogP contribution in [-0.2, 0) is 6.42 Å². The summed E-state index contributed by atoms with van der Waals surface area (Å²) >= 11 is 0. The van der Waals surface area contributed by atoms with Crippen LogP contribution >= 0.6 is 0 Å². The van der Waals surface area contributed by atoms with E-state index in [2.05, 4.69) is 13.0 Å². The zero-order valence-corrected chi connectivity index (χ0v) is 12.8. The lowest BCUT2D eigenvalue weighted by Crippen LogP contribution is -2.21. The largest absolute Gasteiger partial charge is 0.457 e. The Hall–Kier alpha value is -1.87. The Bertz CT molecular complexity index is 625. The minimum absolute atomic E-state index is 0.101. The van der Waals surface area contributed by atoms with Gasteiger partial charge in [0.1, 0.15) is 17.3 Å². The van der Waals surface area contributed by atoms with Crippen LogP contribution in [0.15, 0.2) is 36.4 Å². The summed E-state index contributed by atoms with van der Waals surface area (Å²) in [4.78, 5) is 0. The highest BCUT2D eigenvalue weighted by atomic mass is 19.1. The molecule has 2 nitrogen and oxygen atoms in total. The Balaban J connectivity index is 2.28. The molecule has 0 aliphatic heterocycles. The first-order chi connectivity index (χ1) is 9.99. The van der Waals surface area contributed by atoms with Gasteiger partial charge in [-0.05, 0) is 49.9 Å². The fourth-order valence-corrected chi connectivity index (χ4v) is 2.16. The average Bonchev–Trinajstić information content (AvgIpc) is 2.45. The lowest BCUT2D eigenvalue weighted by molar-refractivity contribution is 0.466. The van der Waals surface area contributed by atoms with Gasteiger partial charge in [-0.2, -0.15) is 0 Å². The van der Waals surface area contributed by atoms with Crippen molar-refractivity contribution >= 4 is 0 Å². The second kappa shape index (κ2) is 6.72. The molecule has 21 heavy (non-hydrogen) atoms. The standard InChI is InChI=1S/C18H22FNO/c1-4-15(20)10-14-9-12(2)5-8-18(14)21-16-7-6-13(3)17(19)11-16/h5-9,11,15H,4,10,20H2,1-3H3. The molecule has 0 aromatic heterocycles. The number of hydrogen-bond donors (Lipinski definition) is 1. The molecule has 0 fully saturated rings. The molecule has 0 bridgehead atoms. The molecule has 2 rings (SSSR count). The van der Waals surface area contributed by atoms with E-state index in [1.54, 1.807) is 19.1 Å². The summed E-state index contributed by atoms with van der Waals surface area (Å²) in [6.07, 6.45) is 1.66. The topological polar surface area (TPSA) is 35.2 Å². The maximum Gasteiger partial charge on any atom is 0.130 e. The number of nitrogens with two attached hydrogens (primary N) is 1. The lowest BCUT2D eigenvalue weighted by atomic mass is 10.0. The molecule has 0 saturated carbocycles. The maximum absolute atomic E-state index is 13.6. The van der Waals surface area contributed by atoms with Gasteiger partial charge in [-0.15, -0.1) is 0 Å². The molecule has 1 unspecified atom stereocenters. The number of ether oxygens (including phenoxy) is 1. The van der Waals surface area contributed by atoms with Crippen LogP contribution < -0.4 is 10.5 Å². The monoisotopic (exact) mass is 287 g/mol. The maximum atomic E-state index is 13.6. The van der Waals surface area contributed by atoms with Crippen LogP contribution in [0.25, 0.3) is 0 Å². The van der Waals surface area contributed by atoms with E-state index in [1.165, 1.54) is 6.07 Å². The Morgan fingerprint density at radius 3 is 2.57 bits per heavy atom. The van der Waals surface area contributed by atoms with Crippen molar-refractivity contribution in [2.45, 2.75) is 39.7 Å². The van der Waals surface area contributed by atoms with Crippen LogP contribution in [-0.4, -0.2) is 6.04 Å². The van der Waals surface area contributed by atoms with Gasteiger partial charge in [0, 0.05) is 12.1 Å². The number of halogens is 1. The van der Waals surface area contributed by atoms with Crippen LogP contribution in [0.4, 0.5) is 4.39 Å². The third-order valence-corrected chi connectivity index (χ3v) is 3.59. The highest BCUT2D eigenvalue weighted by Gasteiger charge is 2.10. The SMILES string of the molecule is CCC(N)Cc1cc(C)ccc1Oc1ccc(C)c(F)c1. The number of hydrogen-bond acceptors (Lipinski definition) is 2. The predicted molar refractivity (Wildman–Crippen MR) is 84.4 cm³/mol. The predicted octanol–water partition coefficient (Wildman–Crippen LogP) is 4.51. The van der Waals surface area contributed by atoms with Crippen LogP contribution in [0, 0.1) is 19.7 Å². The smallest absolute Gasteiger partial charge is 0.130 e. The third kappa shape index (κ3) is 4.05. The second-order valence-corrected chi connectivity index (χ2v) is 5.50. The van der Waals surface area contributed by atoms with Crippen molar-refractivity contribution in [2.24, 2.45) is 5.73 Å². The summed E-state index contributed by atoms with van der Waals surface area (Å²) in [5.41, 5.74) is 8.88. The number of aryl methyl sites for hydroxylation is 2. The molecule has 0 spiro atoms. The van der Waals surface area contributed by atoms with Crippen molar-refractivity contribution in [1.82, 2.24) is 0 Å². The van der Waals surface area contributed by atoms with Gasteiger partial charge in [0.05, 0.1) is 0 Å². The molecule has 0 saturated heterocycles. The van der Waals surface area contributed by atoms with Gasteiger partial charge in [0.2, 0.25) is 0 Å². The van der Waals surface area contributed by atoms with Crippen LogP contribution in [0.1, 0.15) is 30.0 Å². The molecule has 1 atom stereocenters. The van der Waals surface area contributed by atoms with E-state index in [9.17, 15) is 4.39 Å². The molecular formula is C18H22FNO. The zero-order chi connectivity index (χ0) is 15.4. The van der Waals surface area contributed by atoms with Crippen molar-refractivity contribution in [2.75, 3.05) is 0 Å². The Kier molecular flexibility index (Phi) is 4.97. The number of benzene rings is 2. The summed E-state index contributed by atoms with van der Waals surface area (Å²) in [6.45, 7) is 5.84. The van der Waals surface area contributed by atoms with Crippen molar-refractivity contribution in [3.63, 3.8) is 0 Å². The molecule has 2 aromatic carbocycles. The molecule has 3 heteroatoms. The molecule has 0 amide bonds. The van der Waals surface area contributed by atoms with E-state index in [4.69, 9.17) is 10.5 Å². The molecule has 2 N–H and O–H groups in total. The highest BCUT2D eigenvalue weighted by molar-refractivity contribution is 5.41. The van der Waals surface area contributed by atoms with Crippen LogP contribution in [0.2, 0.25) is 0 Å². The molecule has 0 heterocycles. The van der Waals surface area contributed by atoms with E-state index in [0.29, 0.717) is 11.3 Å². The van der Waals surface area contributed by atoms with Crippen LogP contribution in [0.3, 0.4) is 0 Å².